The summed E-state index contributed by atoms with van der Waals surface area (Å²) in [7, 11) is 0. The monoisotopic (exact) mass is 323 g/mol. The van der Waals surface area contributed by atoms with Crippen molar-refractivity contribution in [2.45, 2.75) is 0 Å². The SMILES string of the molecule is C=C(CNc1c(F)cc(F)cc1Br)c1ccccc1. The molecule has 2 aromatic rings. The van der Waals surface area contributed by atoms with Crippen molar-refractivity contribution >= 4 is 27.2 Å². The topological polar surface area (TPSA) is 12.0 Å². The molecule has 0 atom stereocenters. The highest BCUT2D eigenvalue weighted by atomic mass is 79.9. The van der Waals surface area contributed by atoms with Crippen LogP contribution in [0.2, 0.25) is 0 Å². The number of anilines is 1. The summed E-state index contributed by atoms with van der Waals surface area (Å²) in [6.45, 7) is 4.32. The smallest absolute Gasteiger partial charge is 0.150 e. The van der Waals surface area contributed by atoms with Gasteiger partial charge in [0, 0.05) is 17.1 Å². The highest BCUT2D eigenvalue weighted by Gasteiger charge is 2.09. The Labute approximate surface area is 119 Å². The summed E-state index contributed by atoms with van der Waals surface area (Å²) < 4.78 is 26.9. The molecule has 0 aromatic heterocycles. The molecular formula is C15H12BrF2N. The summed E-state index contributed by atoms with van der Waals surface area (Å²) in [4.78, 5) is 0. The van der Waals surface area contributed by atoms with Crippen molar-refractivity contribution in [3.8, 4) is 0 Å². The van der Waals surface area contributed by atoms with Gasteiger partial charge in [-0.25, -0.2) is 8.78 Å². The molecule has 4 heteroatoms. The average molecular weight is 324 g/mol. The van der Waals surface area contributed by atoms with Crippen LogP contribution in [0.5, 0.6) is 0 Å². The first-order valence-electron chi connectivity index (χ1n) is 5.69. The van der Waals surface area contributed by atoms with Gasteiger partial charge in [0.2, 0.25) is 0 Å². The van der Waals surface area contributed by atoms with E-state index in [2.05, 4.69) is 27.8 Å². The maximum Gasteiger partial charge on any atom is 0.150 e. The van der Waals surface area contributed by atoms with E-state index in [0.717, 1.165) is 17.2 Å². The molecule has 0 saturated carbocycles. The van der Waals surface area contributed by atoms with Crippen LogP contribution >= 0.6 is 15.9 Å². The van der Waals surface area contributed by atoms with E-state index in [0.29, 0.717) is 11.0 Å². The van der Waals surface area contributed by atoms with Crippen LogP contribution in [-0.2, 0) is 0 Å². The lowest BCUT2D eigenvalue weighted by Crippen LogP contribution is -2.06. The van der Waals surface area contributed by atoms with Crippen LogP contribution in [0.4, 0.5) is 14.5 Å². The molecule has 0 aliphatic heterocycles. The van der Waals surface area contributed by atoms with E-state index in [1.807, 2.05) is 30.3 Å². The largest absolute Gasteiger partial charge is 0.378 e. The minimum Gasteiger partial charge on any atom is -0.378 e. The van der Waals surface area contributed by atoms with E-state index in [-0.39, 0.29) is 5.69 Å². The summed E-state index contributed by atoms with van der Waals surface area (Å²) in [6.07, 6.45) is 0. The van der Waals surface area contributed by atoms with Crippen LogP contribution in [0.15, 0.2) is 53.5 Å². The zero-order valence-electron chi connectivity index (χ0n) is 10.1. The molecule has 1 nitrogen and oxygen atoms in total. The third-order valence-electron chi connectivity index (χ3n) is 2.67. The van der Waals surface area contributed by atoms with Crippen molar-refractivity contribution in [3.05, 3.63) is 70.7 Å². The maximum absolute atomic E-state index is 13.6. The summed E-state index contributed by atoms with van der Waals surface area (Å²) in [5, 5.41) is 2.92. The van der Waals surface area contributed by atoms with Gasteiger partial charge in [-0.15, -0.1) is 0 Å². The van der Waals surface area contributed by atoms with Crippen molar-refractivity contribution in [1.82, 2.24) is 0 Å². The van der Waals surface area contributed by atoms with Crippen LogP contribution in [0.3, 0.4) is 0 Å². The van der Waals surface area contributed by atoms with Crippen molar-refractivity contribution in [3.63, 3.8) is 0 Å². The first kappa shape index (κ1) is 13.7. The lowest BCUT2D eigenvalue weighted by molar-refractivity contribution is 0.584. The van der Waals surface area contributed by atoms with Crippen LogP contribution in [0.25, 0.3) is 5.57 Å². The molecule has 98 valence electrons. The normalized spacial score (nSPS) is 10.3. The van der Waals surface area contributed by atoms with Gasteiger partial charge in [-0.1, -0.05) is 36.9 Å². The summed E-state index contributed by atoms with van der Waals surface area (Å²) in [6, 6.07) is 11.7. The molecule has 2 rings (SSSR count). The van der Waals surface area contributed by atoms with Gasteiger partial charge in [0.1, 0.15) is 11.6 Å². The Hall–Kier alpha value is -1.68. The summed E-state index contributed by atoms with van der Waals surface area (Å²) in [5.74, 6) is -1.25. The van der Waals surface area contributed by atoms with Crippen molar-refractivity contribution in [2.24, 2.45) is 0 Å². The molecule has 0 bridgehead atoms. The molecule has 0 saturated heterocycles. The first-order chi connectivity index (χ1) is 9.08. The number of nitrogens with one attached hydrogen (secondary N) is 1. The molecule has 0 radical (unpaired) electrons. The average Bonchev–Trinajstić information content (AvgIpc) is 2.38. The zero-order valence-corrected chi connectivity index (χ0v) is 11.7. The number of hydrogen-bond donors (Lipinski definition) is 1. The number of halogens is 3. The lowest BCUT2D eigenvalue weighted by Gasteiger charge is -2.12. The minimum absolute atomic E-state index is 0.235. The highest BCUT2D eigenvalue weighted by Crippen LogP contribution is 2.27. The Balaban J connectivity index is 2.10. The second kappa shape index (κ2) is 5.97. The van der Waals surface area contributed by atoms with Crippen LogP contribution in [-0.4, -0.2) is 6.54 Å². The van der Waals surface area contributed by atoms with Crippen LogP contribution in [0.1, 0.15) is 5.56 Å². The zero-order chi connectivity index (χ0) is 13.8. The van der Waals surface area contributed by atoms with Crippen LogP contribution < -0.4 is 5.32 Å². The van der Waals surface area contributed by atoms with Crippen molar-refractivity contribution in [2.75, 3.05) is 11.9 Å². The van der Waals surface area contributed by atoms with Gasteiger partial charge in [-0.2, -0.15) is 0 Å². The lowest BCUT2D eigenvalue weighted by atomic mass is 10.1. The second-order valence-electron chi connectivity index (χ2n) is 4.07. The predicted octanol–water partition coefficient (Wildman–Crippen LogP) is 4.85. The van der Waals surface area contributed by atoms with E-state index >= 15 is 0 Å². The number of benzene rings is 2. The molecule has 0 unspecified atom stereocenters. The van der Waals surface area contributed by atoms with E-state index in [4.69, 9.17) is 0 Å². The van der Waals surface area contributed by atoms with Gasteiger partial charge in [0.05, 0.1) is 5.69 Å². The fourth-order valence-corrected chi connectivity index (χ4v) is 2.23. The van der Waals surface area contributed by atoms with Gasteiger partial charge < -0.3 is 5.32 Å². The Morgan fingerprint density at radius 1 is 1.16 bits per heavy atom. The minimum atomic E-state index is -0.632. The molecule has 0 aliphatic rings. The molecular weight excluding hydrogens is 312 g/mol. The Kier molecular flexibility index (Phi) is 4.32. The van der Waals surface area contributed by atoms with E-state index in [1.54, 1.807) is 0 Å². The quantitative estimate of drug-likeness (QED) is 0.847. The Morgan fingerprint density at radius 2 is 1.84 bits per heavy atom. The van der Waals surface area contributed by atoms with E-state index < -0.39 is 11.6 Å². The fourth-order valence-electron chi connectivity index (χ4n) is 1.68. The highest BCUT2D eigenvalue weighted by molar-refractivity contribution is 9.10. The maximum atomic E-state index is 13.6. The third kappa shape index (κ3) is 3.41. The second-order valence-corrected chi connectivity index (χ2v) is 4.92. The van der Waals surface area contributed by atoms with Gasteiger partial charge in [0.25, 0.3) is 0 Å². The Bertz CT molecular complexity index is 573. The van der Waals surface area contributed by atoms with Crippen molar-refractivity contribution < 1.29 is 8.78 Å². The summed E-state index contributed by atoms with van der Waals surface area (Å²) in [5.41, 5.74) is 2.04. The fraction of sp³-hybridized carbons (Fsp3) is 0.0667. The molecule has 1 N–H and O–H groups in total. The molecule has 19 heavy (non-hydrogen) atoms. The molecule has 0 aliphatic carbocycles. The number of hydrogen-bond acceptors (Lipinski definition) is 1. The van der Waals surface area contributed by atoms with E-state index in [1.165, 1.54) is 6.07 Å². The van der Waals surface area contributed by atoms with Crippen LogP contribution in [0, 0.1) is 11.6 Å². The number of rotatable bonds is 4. The summed E-state index contributed by atoms with van der Waals surface area (Å²) >= 11 is 3.13. The predicted molar refractivity (Wildman–Crippen MR) is 78.0 cm³/mol. The molecule has 2 aromatic carbocycles. The standard InChI is InChI=1S/C15H12BrF2N/c1-10(11-5-3-2-4-6-11)9-19-15-13(16)7-12(17)8-14(15)18/h2-8,19H,1,9H2. The molecule has 0 spiro atoms. The molecule has 0 heterocycles. The van der Waals surface area contributed by atoms with Gasteiger partial charge in [0.15, 0.2) is 0 Å². The van der Waals surface area contributed by atoms with Gasteiger partial charge >= 0.3 is 0 Å². The molecule has 0 fully saturated rings. The third-order valence-corrected chi connectivity index (χ3v) is 3.29. The van der Waals surface area contributed by atoms with Gasteiger partial charge in [-0.05, 0) is 33.1 Å². The van der Waals surface area contributed by atoms with Gasteiger partial charge in [-0.3, -0.25) is 0 Å². The molecule has 0 amide bonds. The Morgan fingerprint density at radius 3 is 2.47 bits per heavy atom. The van der Waals surface area contributed by atoms with Crippen molar-refractivity contribution in [1.29, 1.82) is 0 Å². The first-order valence-corrected chi connectivity index (χ1v) is 6.49. The van der Waals surface area contributed by atoms with E-state index in [9.17, 15) is 8.78 Å².